The molecule has 0 unspecified atom stereocenters. The molecule has 1 aromatic carbocycles. The highest BCUT2D eigenvalue weighted by molar-refractivity contribution is 7.20. The Morgan fingerprint density at radius 3 is 2.64 bits per heavy atom. The van der Waals surface area contributed by atoms with E-state index in [1.165, 1.54) is 9.13 Å². The molecular weight excluding hydrogens is 442 g/mol. The van der Waals surface area contributed by atoms with Gasteiger partial charge in [-0.25, -0.2) is 9.78 Å². The maximum Gasteiger partial charge on any atom is 0.331 e. The van der Waals surface area contributed by atoms with Gasteiger partial charge in [0.15, 0.2) is 0 Å². The number of pyridine rings is 1. The van der Waals surface area contributed by atoms with Crippen LogP contribution in [0.3, 0.4) is 0 Å². The number of methoxy groups -OCH3 is 1. The van der Waals surface area contributed by atoms with E-state index in [2.05, 4.69) is 15.6 Å². The molecule has 3 aromatic heterocycles. The van der Waals surface area contributed by atoms with Crippen LogP contribution >= 0.6 is 11.3 Å². The fourth-order valence-electron chi connectivity index (χ4n) is 3.37. The summed E-state index contributed by atoms with van der Waals surface area (Å²) >= 11 is 1.12. The van der Waals surface area contributed by atoms with Gasteiger partial charge in [-0.3, -0.25) is 18.7 Å². The standard InChI is InChI=1S/C23H23N5O4S/c1-27-22-17(21(30)28(23(27)31)12-11-25-19-5-3-4-10-24-19)13-18(33-22)20(29)26-14-15-6-8-16(32-2)9-7-15/h3-10,13H,11-12,14H2,1-2H3,(H,24,25)(H,26,29). The third-order valence-corrected chi connectivity index (χ3v) is 6.36. The molecule has 2 N–H and O–H groups in total. The molecule has 0 atom stereocenters. The van der Waals surface area contributed by atoms with Crippen LogP contribution in [-0.4, -0.2) is 33.7 Å². The molecule has 4 rings (SSSR count). The third-order valence-electron chi connectivity index (χ3n) is 5.15. The first-order valence-corrected chi connectivity index (χ1v) is 11.1. The first kappa shape index (κ1) is 22.3. The molecule has 0 bridgehead atoms. The van der Waals surface area contributed by atoms with Gasteiger partial charge < -0.3 is 15.4 Å². The lowest BCUT2D eigenvalue weighted by Gasteiger charge is -2.09. The number of nitrogens with one attached hydrogen (secondary N) is 2. The summed E-state index contributed by atoms with van der Waals surface area (Å²) < 4.78 is 7.71. The maximum absolute atomic E-state index is 13.0. The van der Waals surface area contributed by atoms with E-state index in [1.54, 1.807) is 38.6 Å². The van der Waals surface area contributed by atoms with Gasteiger partial charge >= 0.3 is 5.69 Å². The van der Waals surface area contributed by atoms with Crippen molar-refractivity contribution >= 4 is 33.3 Å². The number of thiophene rings is 1. The Kier molecular flexibility index (Phi) is 6.55. The van der Waals surface area contributed by atoms with Crippen molar-refractivity contribution in [2.24, 2.45) is 7.05 Å². The lowest BCUT2D eigenvalue weighted by molar-refractivity contribution is 0.0955. The normalized spacial score (nSPS) is 10.8. The van der Waals surface area contributed by atoms with Gasteiger partial charge in [0.05, 0.1) is 17.4 Å². The number of aromatic nitrogens is 3. The van der Waals surface area contributed by atoms with Gasteiger partial charge in [-0.15, -0.1) is 11.3 Å². The zero-order chi connectivity index (χ0) is 23.4. The molecule has 9 nitrogen and oxygen atoms in total. The Morgan fingerprint density at radius 2 is 1.94 bits per heavy atom. The highest BCUT2D eigenvalue weighted by atomic mass is 32.1. The zero-order valence-electron chi connectivity index (χ0n) is 18.2. The van der Waals surface area contributed by atoms with Crippen LogP contribution in [0.25, 0.3) is 10.2 Å². The minimum absolute atomic E-state index is 0.173. The molecular formula is C23H23N5O4S. The van der Waals surface area contributed by atoms with Crippen molar-refractivity contribution in [2.45, 2.75) is 13.1 Å². The first-order valence-electron chi connectivity index (χ1n) is 10.3. The Bertz CT molecular complexity index is 1390. The molecule has 1 amide bonds. The fraction of sp³-hybridized carbons (Fsp3) is 0.217. The van der Waals surface area contributed by atoms with Crippen LogP contribution in [0.4, 0.5) is 5.82 Å². The fourth-order valence-corrected chi connectivity index (χ4v) is 4.39. The average Bonchev–Trinajstić information content (AvgIpc) is 3.30. The number of benzene rings is 1. The van der Waals surface area contributed by atoms with Gasteiger partial charge in [0, 0.05) is 32.9 Å². The topological polar surface area (TPSA) is 107 Å². The third kappa shape index (κ3) is 4.80. The Hall–Kier alpha value is -3.92. The molecule has 0 radical (unpaired) electrons. The monoisotopic (exact) mass is 465 g/mol. The molecule has 3 heterocycles. The van der Waals surface area contributed by atoms with Gasteiger partial charge in [0.2, 0.25) is 0 Å². The van der Waals surface area contributed by atoms with Crippen molar-refractivity contribution < 1.29 is 9.53 Å². The Morgan fingerprint density at radius 1 is 1.15 bits per heavy atom. The van der Waals surface area contributed by atoms with Crippen LogP contribution in [0.2, 0.25) is 0 Å². The van der Waals surface area contributed by atoms with E-state index in [0.717, 1.165) is 22.6 Å². The van der Waals surface area contributed by atoms with E-state index in [9.17, 15) is 14.4 Å². The van der Waals surface area contributed by atoms with Crippen LogP contribution < -0.4 is 26.6 Å². The average molecular weight is 466 g/mol. The smallest absolute Gasteiger partial charge is 0.331 e. The summed E-state index contributed by atoms with van der Waals surface area (Å²) in [5.41, 5.74) is 0.0733. The second-order valence-corrected chi connectivity index (χ2v) is 8.33. The summed E-state index contributed by atoms with van der Waals surface area (Å²) in [5, 5.41) is 6.28. The first-order chi connectivity index (χ1) is 16.0. The van der Waals surface area contributed by atoms with Gasteiger partial charge in [0.1, 0.15) is 16.4 Å². The molecule has 10 heteroatoms. The Balaban J connectivity index is 1.51. The molecule has 0 aliphatic rings. The molecule has 0 fully saturated rings. The number of carbonyl (C=O) groups is 1. The summed E-state index contributed by atoms with van der Waals surface area (Å²) in [5.74, 6) is 1.10. The zero-order valence-corrected chi connectivity index (χ0v) is 19.0. The number of rotatable bonds is 8. The molecule has 0 saturated heterocycles. The molecule has 0 spiro atoms. The van der Waals surface area contributed by atoms with Gasteiger partial charge in [0.25, 0.3) is 11.5 Å². The lowest BCUT2D eigenvalue weighted by Crippen LogP contribution is -2.40. The summed E-state index contributed by atoms with van der Waals surface area (Å²) in [4.78, 5) is 43.4. The second-order valence-electron chi connectivity index (χ2n) is 7.30. The quantitative estimate of drug-likeness (QED) is 0.413. The molecule has 0 aliphatic carbocycles. The van der Waals surface area contributed by atoms with Gasteiger partial charge in [-0.1, -0.05) is 18.2 Å². The minimum atomic E-state index is -0.428. The van der Waals surface area contributed by atoms with E-state index in [1.807, 2.05) is 30.3 Å². The van der Waals surface area contributed by atoms with Crippen molar-refractivity contribution in [3.8, 4) is 5.75 Å². The number of carbonyl (C=O) groups excluding carboxylic acids is 1. The number of ether oxygens (including phenoxy) is 1. The van der Waals surface area contributed by atoms with Crippen LogP contribution in [0.1, 0.15) is 15.2 Å². The summed E-state index contributed by atoms with van der Waals surface area (Å²) in [6.45, 7) is 0.864. The number of hydrogen-bond acceptors (Lipinski definition) is 7. The van der Waals surface area contributed by atoms with Crippen LogP contribution in [-0.2, 0) is 20.1 Å². The van der Waals surface area contributed by atoms with E-state index in [-0.39, 0.29) is 12.5 Å². The van der Waals surface area contributed by atoms with Crippen LogP contribution in [0.15, 0.2) is 64.3 Å². The number of fused-ring (bicyclic) bond motifs is 1. The molecule has 0 saturated carbocycles. The SMILES string of the molecule is COc1ccc(CNC(=O)c2cc3c(=O)n(CCNc4ccccn4)c(=O)n(C)c3s2)cc1. The highest BCUT2D eigenvalue weighted by Gasteiger charge is 2.17. The number of aryl methyl sites for hydroxylation is 1. The van der Waals surface area contributed by atoms with Crippen molar-refractivity contribution in [2.75, 3.05) is 19.0 Å². The maximum atomic E-state index is 13.0. The number of nitrogens with zero attached hydrogens (tertiary/aromatic N) is 3. The van der Waals surface area contributed by atoms with Crippen molar-refractivity contribution in [3.63, 3.8) is 0 Å². The van der Waals surface area contributed by atoms with E-state index in [0.29, 0.717) is 34.0 Å². The molecule has 170 valence electrons. The summed E-state index contributed by atoms with van der Waals surface area (Å²) in [6.07, 6.45) is 1.66. The van der Waals surface area contributed by atoms with Crippen LogP contribution in [0, 0.1) is 0 Å². The van der Waals surface area contributed by atoms with Crippen molar-refractivity contribution in [1.29, 1.82) is 0 Å². The summed E-state index contributed by atoms with van der Waals surface area (Å²) in [6, 6.07) is 14.4. The van der Waals surface area contributed by atoms with Crippen molar-refractivity contribution in [3.05, 3.63) is 86.0 Å². The number of amides is 1. The minimum Gasteiger partial charge on any atom is -0.497 e. The highest BCUT2D eigenvalue weighted by Crippen LogP contribution is 2.22. The summed E-state index contributed by atoms with van der Waals surface area (Å²) in [7, 11) is 3.19. The largest absolute Gasteiger partial charge is 0.497 e. The van der Waals surface area contributed by atoms with Crippen molar-refractivity contribution in [1.82, 2.24) is 19.4 Å². The van der Waals surface area contributed by atoms with E-state index in [4.69, 9.17) is 4.74 Å². The molecule has 4 aromatic rings. The van der Waals surface area contributed by atoms with Crippen LogP contribution in [0.5, 0.6) is 5.75 Å². The molecule has 33 heavy (non-hydrogen) atoms. The second kappa shape index (κ2) is 9.70. The lowest BCUT2D eigenvalue weighted by atomic mass is 10.2. The predicted octanol–water partition coefficient (Wildman–Crippen LogP) is 2.21. The molecule has 0 aliphatic heterocycles. The van der Waals surface area contributed by atoms with E-state index < -0.39 is 11.2 Å². The number of hydrogen-bond donors (Lipinski definition) is 2. The van der Waals surface area contributed by atoms with Gasteiger partial charge in [-0.05, 0) is 35.9 Å². The van der Waals surface area contributed by atoms with E-state index >= 15 is 0 Å². The van der Waals surface area contributed by atoms with Gasteiger partial charge in [-0.2, -0.15) is 0 Å². The number of anilines is 1. The predicted molar refractivity (Wildman–Crippen MR) is 128 cm³/mol. The Labute approximate surface area is 193 Å².